The topological polar surface area (TPSA) is 77.0 Å². The van der Waals surface area contributed by atoms with Gasteiger partial charge in [0, 0.05) is 24.7 Å². The van der Waals surface area contributed by atoms with Crippen LogP contribution in [0.3, 0.4) is 0 Å². The van der Waals surface area contributed by atoms with E-state index in [2.05, 4.69) is 21.7 Å². The van der Waals surface area contributed by atoms with E-state index in [1.165, 1.54) is 5.56 Å². The number of methoxy groups -OCH3 is 3. The van der Waals surface area contributed by atoms with Gasteiger partial charge in [-0.25, -0.2) is 4.99 Å². The summed E-state index contributed by atoms with van der Waals surface area (Å²) in [5.74, 6) is 2.53. The predicted octanol–water partition coefficient (Wildman–Crippen LogP) is 3.52. The van der Waals surface area contributed by atoms with E-state index >= 15 is 0 Å². The first kappa shape index (κ1) is 21.2. The molecule has 2 N–H and O–H groups in total. The van der Waals surface area contributed by atoms with Gasteiger partial charge in [-0.1, -0.05) is 18.2 Å². The van der Waals surface area contributed by atoms with Gasteiger partial charge in [-0.05, 0) is 42.3 Å². The molecule has 1 heterocycles. The monoisotopic (exact) mass is 408 g/mol. The Morgan fingerprint density at radius 1 is 0.967 bits per heavy atom. The molecule has 0 saturated carbocycles. The van der Waals surface area contributed by atoms with Crippen molar-refractivity contribution in [3.8, 4) is 17.2 Å². The first-order valence-electron chi connectivity index (χ1n) is 9.83. The highest BCUT2D eigenvalue weighted by atomic mass is 16.5. The summed E-state index contributed by atoms with van der Waals surface area (Å²) in [4.78, 5) is 9.13. The average molecular weight is 409 g/mol. The molecule has 7 nitrogen and oxygen atoms in total. The van der Waals surface area contributed by atoms with Crippen LogP contribution < -0.4 is 24.8 Å². The van der Waals surface area contributed by atoms with Crippen molar-refractivity contribution in [1.82, 2.24) is 15.6 Å². The molecule has 0 spiro atoms. The SMILES string of the molecule is CCNC(=NCc1cc(OC)c(OC)c(OC)c1)NCc1ccnc2ccccc12. The predicted molar refractivity (Wildman–Crippen MR) is 119 cm³/mol. The number of aromatic nitrogens is 1. The number of hydrogen-bond acceptors (Lipinski definition) is 5. The molecule has 1 aromatic heterocycles. The third-order valence-electron chi connectivity index (χ3n) is 4.67. The Labute approximate surface area is 177 Å². The van der Waals surface area contributed by atoms with Gasteiger partial charge < -0.3 is 24.8 Å². The van der Waals surface area contributed by atoms with Crippen LogP contribution in [0.1, 0.15) is 18.1 Å². The van der Waals surface area contributed by atoms with Gasteiger partial charge in [0.1, 0.15) is 0 Å². The van der Waals surface area contributed by atoms with E-state index < -0.39 is 0 Å². The van der Waals surface area contributed by atoms with Gasteiger partial charge in [-0.15, -0.1) is 0 Å². The standard InChI is InChI=1S/C23H28N4O3/c1-5-24-23(27-15-17-10-11-25-19-9-7-6-8-18(17)19)26-14-16-12-20(28-2)22(30-4)21(13-16)29-3/h6-13H,5,14-15H2,1-4H3,(H2,24,26,27). The minimum Gasteiger partial charge on any atom is -0.493 e. The Kier molecular flexibility index (Phi) is 7.32. The van der Waals surface area contributed by atoms with E-state index in [1.54, 1.807) is 21.3 Å². The molecule has 0 aliphatic rings. The quantitative estimate of drug-likeness (QED) is 0.439. The van der Waals surface area contributed by atoms with Crippen LogP contribution in [0.2, 0.25) is 0 Å². The minimum absolute atomic E-state index is 0.461. The van der Waals surface area contributed by atoms with Gasteiger partial charge in [-0.2, -0.15) is 0 Å². The van der Waals surface area contributed by atoms with Crippen molar-refractivity contribution in [1.29, 1.82) is 0 Å². The Morgan fingerprint density at radius 2 is 1.70 bits per heavy atom. The second kappa shape index (κ2) is 10.3. The van der Waals surface area contributed by atoms with E-state index in [0.29, 0.717) is 30.3 Å². The highest BCUT2D eigenvalue weighted by Crippen LogP contribution is 2.38. The average Bonchev–Trinajstić information content (AvgIpc) is 2.79. The maximum absolute atomic E-state index is 5.43. The molecule has 3 rings (SSSR count). The van der Waals surface area contributed by atoms with Crippen LogP contribution in [0, 0.1) is 0 Å². The van der Waals surface area contributed by atoms with Crippen molar-refractivity contribution in [3.05, 3.63) is 59.8 Å². The molecule has 0 amide bonds. The summed E-state index contributed by atoms with van der Waals surface area (Å²) in [6, 6.07) is 14.0. The molecule has 3 aromatic rings. The maximum atomic E-state index is 5.43. The molecule has 0 aliphatic carbocycles. The molecule has 0 atom stereocenters. The number of ether oxygens (including phenoxy) is 3. The van der Waals surface area contributed by atoms with E-state index in [9.17, 15) is 0 Å². The molecule has 0 unspecified atom stereocenters. The summed E-state index contributed by atoms with van der Waals surface area (Å²) in [5.41, 5.74) is 3.10. The van der Waals surface area contributed by atoms with Gasteiger partial charge >= 0.3 is 0 Å². The molecular formula is C23H28N4O3. The number of guanidine groups is 1. The van der Waals surface area contributed by atoms with Crippen molar-refractivity contribution in [2.75, 3.05) is 27.9 Å². The Hall–Kier alpha value is -3.48. The Balaban J connectivity index is 1.78. The number of pyridine rings is 1. The molecule has 0 radical (unpaired) electrons. The van der Waals surface area contributed by atoms with Crippen molar-refractivity contribution in [3.63, 3.8) is 0 Å². The fraction of sp³-hybridized carbons (Fsp3) is 0.304. The van der Waals surface area contributed by atoms with E-state index in [-0.39, 0.29) is 0 Å². The second-order valence-corrected chi connectivity index (χ2v) is 6.57. The summed E-state index contributed by atoms with van der Waals surface area (Å²) < 4.78 is 16.2. The zero-order chi connectivity index (χ0) is 21.3. The lowest BCUT2D eigenvalue weighted by Crippen LogP contribution is -2.36. The molecule has 2 aromatic carbocycles. The fourth-order valence-electron chi connectivity index (χ4n) is 3.23. The van der Waals surface area contributed by atoms with E-state index in [0.717, 1.165) is 29.0 Å². The van der Waals surface area contributed by atoms with Crippen LogP contribution >= 0.6 is 0 Å². The van der Waals surface area contributed by atoms with Crippen molar-refractivity contribution < 1.29 is 14.2 Å². The molecule has 7 heteroatoms. The van der Waals surface area contributed by atoms with Crippen LogP contribution in [0.5, 0.6) is 17.2 Å². The summed E-state index contributed by atoms with van der Waals surface area (Å²) in [5, 5.41) is 7.82. The summed E-state index contributed by atoms with van der Waals surface area (Å²) in [7, 11) is 4.80. The van der Waals surface area contributed by atoms with E-state index in [1.807, 2.05) is 49.5 Å². The first-order valence-corrected chi connectivity index (χ1v) is 9.83. The number of nitrogens with zero attached hydrogens (tertiary/aromatic N) is 2. The molecular weight excluding hydrogens is 380 g/mol. The van der Waals surface area contributed by atoms with Crippen LogP contribution in [-0.2, 0) is 13.1 Å². The first-order chi connectivity index (χ1) is 14.7. The molecule has 0 bridgehead atoms. The Morgan fingerprint density at radius 3 is 2.37 bits per heavy atom. The van der Waals surface area contributed by atoms with Crippen molar-refractivity contribution in [2.24, 2.45) is 4.99 Å². The zero-order valence-corrected chi connectivity index (χ0v) is 17.9. The van der Waals surface area contributed by atoms with Crippen LogP contribution in [0.4, 0.5) is 0 Å². The van der Waals surface area contributed by atoms with E-state index in [4.69, 9.17) is 19.2 Å². The zero-order valence-electron chi connectivity index (χ0n) is 17.9. The number of nitrogens with one attached hydrogen (secondary N) is 2. The number of fused-ring (bicyclic) bond motifs is 1. The van der Waals surface area contributed by atoms with Gasteiger partial charge in [0.05, 0.1) is 33.4 Å². The summed E-state index contributed by atoms with van der Waals surface area (Å²) in [6.07, 6.45) is 1.83. The minimum atomic E-state index is 0.461. The number of aliphatic imine (C=N–C) groups is 1. The molecule has 30 heavy (non-hydrogen) atoms. The van der Waals surface area contributed by atoms with Gasteiger partial charge in [0.2, 0.25) is 5.75 Å². The molecule has 0 fully saturated rings. The lowest BCUT2D eigenvalue weighted by atomic mass is 10.1. The number of para-hydroxylation sites is 1. The largest absolute Gasteiger partial charge is 0.493 e. The normalized spacial score (nSPS) is 11.3. The van der Waals surface area contributed by atoms with Crippen LogP contribution in [-0.4, -0.2) is 38.8 Å². The fourth-order valence-corrected chi connectivity index (χ4v) is 3.23. The highest BCUT2D eigenvalue weighted by molar-refractivity contribution is 5.83. The molecule has 158 valence electrons. The molecule has 0 saturated heterocycles. The number of hydrogen-bond donors (Lipinski definition) is 2. The third kappa shape index (κ3) is 4.92. The molecule has 0 aliphatic heterocycles. The highest BCUT2D eigenvalue weighted by Gasteiger charge is 2.13. The summed E-state index contributed by atoms with van der Waals surface area (Å²) in [6.45, 7) is 3.91. The Bertz CT molecular complexity index is 990. The lowest BCUT2D eigenvalue weighted by Gasteiger charge is -2.15. The number of rotatable bonds is 8. The third-order valence-corrected chi connectivity index (χ3v) is 4.67. The lowest BCUT2D eigenvalue weighted by molar-refractivity contribution is 0.324. The maximum Gasteiger partial charge on any atom is 0.203 e. The van der Waals surface area contributed by atoms with Crippen LogP contribution in [0.15, 0.2) is 53.7 Å². The van der Waals surface area contributed by atoms with Crippen molar-refractivity contribution in [2.45, 2.75) is 20.0 Å². The van der Waals surface area contributed by atoms with Crippen LogP contribution in [0.25, 0.3) is 10.9 Å². The second-order valence-electron chi connectivity index (χ2n) is 6.57. The smallest absolute Gasteiger partial charge is 0.203 e. The van der Waals surface area contributed by atoms with Gasteiger partial charge in [0.25, 0.3) is 0 Å². The summed E-state index contributed by atoms with van der Waals surface area (Å²) >= 11 is 0. The van der Waals surface area contributed by atoms with Crippen molar-refractivity contribution >= 4 is 16.9 Å². The van der Waals surface area contributed by atoms with Gasteiger partial charge in [0.15, 0.2) is 17.5 Å². The number of benzene rings is 2. The van der Waals surface area contributed by atoms with Gasteiger partial charge in [-0.3, -0.25) is 4.98 Å².